The Labute approximate surface area is 56.5 Å². The molecule has 0 heterocycles. The van der Waals surface area contributed by atoms with E-state index in [2.05, 4.69) is 37.6 Å². The van der Waals surface area contributed by atoms with Crippen molar-refractivity contribution < 1.29 is 0 Å². The van der Waals surface area contributed by atoms with Gasteiger partial charge in [0.15, 0.2) is 0 Å². The molecule has 0 heteroatoms. The molecule has 0 bridgehead atoms. The van der Waals surface area contributed by atoms with E-state index < -0.39 is 0 Å². The van der Waals surface area contributed by atoms with Gasteiger partial charge in [0, 0.05) is 25.0 Å². The molecule has 0 N–H and O–H groups in total. The lowest BCUT2D eigenvalue weighted by Crippen LogP contribution is -1.75. The van der Waals surface area contributed by atoms with Gasteiger partial charge in [0.05, 0.1) is 0 Å². The predicted octanol–water partition coefficient (Wildman–Crippen LogP) is 2.65. The zero-order valence-electron chi connectivity index (χ0n) is 5.67. The van der Waals surface area contributed by atoms with E-state index in [9.17, 15) is 0 Å². The second kappa shape index (κ2) is 3.18. The van der Waals surface area contributed by atoms with Crippen LogP contribution in [0, 0.1) is 6.42 Å². The van der Waals surface area contributed by atoms with E-state index in [-0.39, 0.29) is 0 Å². The molecule has 0 aliphatic carbocycles. The zero-order valence-corrected chi connectivity index (χ0v) is 5.67. The molecule has 1 aromatic rings. The van der Waals surface area contributed by atoms with Gasteiger partial charge in [-0.1, -0.05) is 6.92 Å². The summed E-state index contributed by atoms with van der Waals surface area (Å²) in [6.07, 6.45) is 3.32. The monoisotopic (exact) mass is 119 g/mol. The van der Waals surface area contributed by atoms with Gasteiger partial charge in [-0.05, 0) is 18.2 Å². The molecule has 0 saturated carbocycles. The topological polar surface area (TPSA) is 0 Å². The fourth-order valence-corrected chi connectivity index (χ4v) is 0.825. The van der Waals surface area contributed by atoms with Crippen LogP contribution in [0.5, 0.6) is 0 Å². The smallest absolute Gasteiger partial charge is 0.0501 e. The number of hydrogen-bond acceptors (Lipinski definition) is 0. The van der Waals surface area contributed by atoms with Crippen LogP contribution in [-0.2, 0) is 0 Å². The minimum atomic E-state index is 1.12. The van der Waals surface area contributed by atoms with E-state index in [0.29, 0.717) is 0 Å². The first-order valence-electron chi connectivity index (χ1n) is 3.31. The third-order valence-electron chi connectivity index (χ3n) is 1.24. The van der Waals surface area contributed by atoms with Crippen molar-refractivity contribution >= 4 is 0 Å². The molecular weight excluding hydrogens is 108 g/mol. The highest BCUT2D eigenvalue weighted by molar-refractivity contribution is 5.21. The fourth-order valence-electron chi connectivity index (χ4n) is 0.825. The highest BCUT2D eigenvalue weighted by atomic mass is 13.9. The Balaban J connectivity index is 2.61. The van der Waals surface area contributed by atoms with Gasteiger partial charge in [0.25, 0.3) is 0 Å². The van der Waals surface area contributed by atoms with E-state index >= 15 is 0 Å². The third-order valence-corrected chi connectivity index (χ3v) is 1.24. The standard InChI is InChI=1S/C9H11/c1-2-6-9-7-4-3-5-8-9/h3-8H,2H2,1H3/q+1. The first-order valence-corrected chi connectivity index (χ1v) is 3.31. The Kier molecular flexibility index (Phi) is 2.20. The molecule has 0 fully saturated rings. The lowest BCUT2D eigenvalue weighted by molar-refractivity contribution is 1.12. The average Bonchev–Trinajstić information content (AvgIpc) is 1.91. The van der Waals surface area contributed by atoms with Gasteiger partial charge in [0.2, 0.25) is 0 Å². The van der Waals surface area contributed by atoms with Crippen molar-refractivity contribution in [1.82, 2.24) is 0 Å². The van der Waals surface area contributed by atoms with Crippen LogP contribution >= 0.6 is 0 Å². The minimum absolute atomic E-state index is 1.12. The van der Waals surface area contributed by atoms with Crippen LogP contribution in [0.2, 0.25) is 0 Å². The molecule has 0 aliphatic rings. The van der Waals surface area contributed by atoms with E-state index in [1.165, 1.54) is 5.56 Å². The van der Waals surface area contributed by atoms with Crippen LogP contribution in [0.25, 0.3) is 0 Å². The van der Waals surface area contributed by atoms with Crippen LogP contribution < -0.4 is 0 Å². The summed E-state index contributed by atoms with van der Waals surface area (Å²) in [7, 11) is 0. The van der Waals surface area contributed by atoms with Crippen LogP contribution in [0.15, 0.2) is 30.3 Å². The van der Waals surface area contributed by atoms with Gasteiger partial charge in [-0.3, -0.25) is 0 Å². The molecule has 9 heavy (non-hydrogen) atoms. The SMILES string of the molecule is CC[CH+]c1ccccc1. The molecule has 0 aliphatic heterocycles. The molecule has 0 aromatic heterocycles. The van der Waals surface area contributed by atoms with Crippen molar-refractivity contribution in [3.63, 3.8) is 0 Å². The van der Waals surface area contributed by atoms with Gasteiger partial charge in [-0.25, -0.2) is 0 Å². The molecular formula is C9H11+. The second-order valence-electron chi connectivity index (χ2n) is 2.02. The van der Waals surface area contributed by atoms with Gasteiger partial charge >= 0.3 is 0 Å². The Morgan fingerprint density at radius 1 is 1.22 bits per heavy atom. The molecule has 46 valence electrons. The van der Waals surface area contributed by atoms with Gasteiger partial charge in [-0.2, -0.15) is 0 Å². The van der Waals surface area contributed by atoms with Crippen molar-refractivity contribution in [3.8, 4) is 0 Å². The number of benzene rings is 1. The van der Waals surface area contributed by atoms with Crippen LogP contribution in [0.3, 0.4) is 0 Å². The molecule has 0 atom stereocenters. The summed E-state index contributed by atoms with van der Waals surface area (Å²) in [4.78, 5) is 0. The normalized spacial score (nSPS) is 9.00. The Morgan fingerprint density at radius 3 is 2.44 bits per heavy atom. The second-order valence-corrected chi connectivity index (χ2v) is 2.02. The van der Waals surface area contributed by atoms with E-state index in [0.717, 1.165) is 6.42 Å². The average molecular weight is 119 g/mol. The van der Waals surface area contributed by atoms with E-state index in [1.807, 2.05) is 6.07 Å². The first kappa shape index (κ1) is 6.21. The molecule has 0 unspecified atom stereocenters. The quantitative estimate of drug-likeness (QED) is 0.525. The first-order chi connectivity index (χ1) is 4.43. The van der Waals surface area contributed by atoms with Crippen molar-refractivity contribution in [2.75, 3.05) is 0 Å². The van der Waals surface area contributed by atoms with Gasteiger partial charge in [0.1, 0.15) is 5.56 Å². The summed E-state index contributed by atoms with van der Waals surface area (Å²) in [5.74, 6) is 0. The molecule has 0 spiro atoms. The molecule has 1 aromatic carbocycles. The summed E-state index contributed by atoms with van der Waals surface area (Å²) >= 11 is 0. The predicted molar refractivity (Wildman–Crippen MR) is 40.1 cm³/mol. The number of hydrogen-bond donors (Lipinski definition) is 0. The molecule has 1 rings (SSSR count). The van der Waals surface area contributed by atoms with Crippen molar-refractivity contribution in [2.45, 2.75) is 13.3 Å². The van der Waals surface area contributed by atoms with Crippen molar-refractivity contribution in [2.24, 2.45) is 0 Å². The third kappa shape index (κ3) is 1.80. The summed E-state index contributed by atoms with van der Waals surface area (Å²) in [5, 5.41) is 0. The summed E-state index contributed by atoms with van der Waals surface area (Å²) in [5.41, 5.74) is 1.32. The summed E-state index contributed by atoms with van der Waals surface area (Å²) in [6.45, 7) is 2.15. The van der Waals surface area contributed by atoms with Crippen LogP contribution in [0.4, 0.5) is 0 Å². The zero-order chi connectivity index (χ0) is 6.53. The molecule has 0 amide bonds. The molecule has 0 radical (unpaired) electrons. The lowest BCUT2D eigenvalue weighted by Gasteiger charge is -1.84. The van der Waals surface area contributed by atoms with Crippen LogP contribution in [-0.4, -0.2) is 0 Å². The molecule has 0 nitrogen and oxygen atoms in total. The van der Waals surface area contributed by atoms with Gasteiger partial charge < -0.3 is 0 Å². The summed E-state index contributed by atoms with van der Waals surface area (Å²) < 4.78 is 0. The van der Waals surface area contributed by atoms with E-state index in [1.54, 1.807) is 0 Å². The van der Waals surface area contributed by atoms with E-state index in [4.69, 9.17) is 0 Å². The minimum Gasteiger partial charge on any atom is -0.0501 e. The summed E-state index contributed by atoms with van der Waals surface area (Å²) in [6, 6.07) is 10.4. The van der Waals surface area contributed by atoms with Crippen molar-refractivity contribution in [3.05, 3.63) is 42.3 Å². The maximum absolute atomic E-state index is 2.21. The van der Waals surface area contributed by atoms with Crippen molar-refractivity contribution in [1.29, 1.82) is 0 Å². The fraction of sp³-hybridized carbons (Fsp3) is 0.222. The largest absolute Gasteiger partial charge is 0.129 e. The number of rotatable bonds is 2. The van der Waals surface area contributed by atoms with Gasteiger partial charge in [-0.15, -0.1) is 0 Å². The maximum atomic E-state index is 2.21. The highest BCUT2D eigenvalue weighted by Gasteiger charge is 1.94. The Morgan fingerprint density at radius 2 is 1.89 bits per heavy atom. The molecule has 0 saturated heterocycles. The highest BCUT2D eigenvalue weighted by Crippen LogP contribution is 2.02. The Bertz CT molecular complexity index is 153. The Hall–Kier alpha value is -0.910. The maximum Gasteiger partial charge on any atom is 0.129 e. The lowest BCUT2D eigenvalue weighted by atomic mass is 10.1. The van der Waals surface area contributed by atoms with Crippen LogP contribution in [0.1, 0.15) is 18.9 Å².